The molecule has 0 aromatic heterocycles. The SMILES string of the molecule is CC[Si](CC)(CC)O[C@H]1CCC[C@]2(C)[C@@H]([C@H](C)/C=C/[C@@H](OCc3ccccc3)C(C)C)CC[C@@H]12. The first-order valence-corrected chi connectivity index (χ1v) is 16.8. The summed E-state index contributed by atoms with van der Waals surface area (Å²) in [6, 6.07) is 14.3. The van der Waals surface area contributed by atoms with E-state index in [1.165, 1.54) is 55.8 Å². The summed E-state index contributed by atoms with van der Waals surface area (Å²) in [5.74, 6) is 2.56. The molecule has 3 heteroatoms. The Morgan fingerprint density at radius 3 is 2.26 bits per heavy atom. The van der Waals surface area contributed by atoms with Crippen LogP contribution in [0.5, 0.6) is 0 Å². The van der Waals surface area contributed by atoms with Gasteiger partial charge in [-0.3, -0.25) is 0 Å². The van der Waals surface area contributed by atoms with Crippen LogP contribution in [-0.2, 0) is 15.8 Å². The Morgan fingerprint density at radius 2 is 1.65 bits per heavy atom. The first kappa shape index (κ1) is 27.7. The molecule has 0 N–H and O–H groups in total. The molecule has 2 fully saturated rings. The second kappa shape index (κ2) is 12.4. The Bertz CT molecular complexity index is 748. The second-order valence-electron chi connectivity index (χ2n) is 11.8. The highest BCUT2D eigenvalue weighted by Crippen LogP contribution is 2.59. The topological polar surface area (TPSA) is 18.5 Å². The fourth-order valence-electron chi connectivity index (χ4n) is 7.14. The summed E-state index contributed by atoms with van der Waals surface area (Å²) < 4.78 is 13.5. The van der Waals surface area contributed by atoms with Gasteiger partial charge in [0.2, 0.25) is 0 Å². The summed E-state index contributed by atoms with van der Waals surface area (Å²) in [5, 5.41) is 0. The average molecular weight is 485 g/mol. The Balaban J connectivity index is 1.66. The van der Waals surface area contributed by atoms with Crippen molar-refractivity contribution >= 4 is 8.32 Å². The lowest BCUT2D eigenvalue weighted by atomic mass is 9.62. The molecular weight excluding hydrogens is 432 g/mol. The zero-order chi connectivity index (χ0) is 24.8. The molecule has 6 atom stereocenters. The van der Waals surface area contributed by atoms with Crippen LogP contribution in [0.25, 0.3) is 0 Å². The van der Waals surface area contributed by atoms with Gasteiger partial charge in [-0.1, -0.05) is 97.4 Å². The van der Waals surface area contributed by atoms with Crippen LogP contribution in [0.3, 0.4) is 0 Å². The van der Waals surface area contributed by atoms with Crippen LogP contribution in [0.2, 0.25) is 18.1 Å². The number of rotatable bonds is 12. The lowest BCUT2D eigenvalue weighted by molar-refractivity contribution is -0.0155. The maximum Gasteiger partial charge on any atom is 0.192 e. The number of allylic oxidation sites excluding steroid dienone is 1. The van der Waals surface area contributed by atoms with Crippen molar-refractivity contribution in [2.24, 2.45) is 29.1 Å². The third kappa shape index (κ3) is 6.26. The number of hydrogen-bond donors (Lipinski definition) is 0. The van der Waals surface area contributed by atoms with E-state index in [1.807, 2.05) is 0 Å². The highest BCUT2D eigenvalue weighted by Gasteiger charge is 2.53. The Morgan fingerprint density at radius 1 is 0.971 bits per heavy atom. The quantitative estimate of drug-likeness (QED) is 0.218. The molecule has 3 rings (SSSR count). The van der Waals surface area contributed by atoms with Crippen LogP contribution in [0.1, 0.15) is 86.1 Å². The van der Waals surface area contributed by atoms with Gasteiger partial charge in [-0.25, -0.2) is 0 Å². The van der Waals surface area contributed by atoms with Crippen molar-refractivity contribution in [2.45, 2.75) is 118 Å². The molecule has 0 spiro atoms. The van der Waals surface area contributed by atoms with E-state index >= 15 is 0 Å². The van der Waals surface area contributed by atoms with Gasteiger partial charge in [-0.05, 0) is 78.5 Å². The molecule has 2 aliphatic carbocycles. The third-order valence-electron chi connectivity index (χ3n) is 9.65. The maximum atomic E-state index is 7.14. The minimum absolute atomic E-state index is 0.167. The molecule has 0 aliphatic heterocycles. The van der Waals surface area contributed by atoms with Gasteiger partial charge in [-0.15, -0.1) is 0 Å². The minimum atomic E-state index is -1.56. The predicted octanol–water partition coefficient (Wildman–Crippen LogP) is 9.03. The van der Waals surface area contributed by atoms with Crippen LogP contribution in [0.4, 0.5) is 0 Å². The van der Waals surface area contributed by atoms with Crippen molar-refractivity contribution in [2.75, 3.05) is 0 Å². The summed E-state index contributed by atoms with van der Waals surface area (Å²) >= 11 is 0. The first-order valence-electron chi connectivity index (χ1n) is 14.3. The van der Waals surface area contributed by atoms with E-state index in [-0.39, 0.29) is 6.10 Å². The Hall–Kier alpha value is -0.903. The van der Waals surface area contributed by atoms with Gasteiger partial charge in [0.05, 0.1) is 12.7 Å². The molecule has 0 amide bonds. The third-order valence-corrected chi connectivity index (χ3v) is 14.3. The van der Waals surface area contributed by atoms with Crippen LogP contribution in [-0.4, -0.2) is 20.5 Å². The first-order chi connectivity index (χ1) is 16.3. The fraction of sp³-hybridized carbons (Fsp3) is 0.742. The molecule has 1 aromatic carbocycles. The van der Waals surface area contributed by atoms with Gasteiger partial charge >= 0.3 is 0 Å². The molecule has 2 saturated carbocycles. The van der Waals surface area contributed by atoms with Crippen LogP contribution in [0, 0.1) is 29.1 Å². The smallest absolute Gasteiger partial charge is 0.192 e. The van der Waals surface area contributed by atoms with Gasteiger partial charge in [0.15, 0.2) is 8.32 Å². The molecule has 0 saturated heterocycles. The maximum absolute atomic E-state index is 7.14. The van der Waals surface area contributed by atoms with E-state index in [0.29, 0.717) is 30.0 Å². The van der Waals surface area contributed by atoms with Crippen molar-refractivity contribution < 1.29 is 9.16 Å². The summed E-state index contributed by atoms with van der Waals surface area (Å²) in [6.45, 7) is 17.4. The van der Waals surface area contributed by atoms with Crippen molar-refractivity contribution in [1.29, 1.82) is 0 Å². The van der Waals surface area contributed by atoms with Crippen molar-refractivity contribution in [1.82, 2.24) is 0 Å². The lowest BCUT2D eigenvalue weighted by Crippen LogP contribution is -2.48. The zero-order valence-electron chi connectivity index (χ0n) is 23.2. The summed E-state index contributed by atoms with van der Waals surface area (Å²) in [4.78, 5) is 0. The summed E-state index contributed by atoms with van der Waals surface area (Å²) in [5.41, 5.74) is 1.67. The zero-order valence-corrected chi connectivity index (χ0v) is 24.2. The van der Waals surface area contributed by atoms with Gasteiger partial charge in [-0.2, -0.15) is 0 Å². The van der Waals surface area contributed by atoms with Gasteiger partial charge in [0.1, 0.15) is 0 Å². The molecule has 2 nitrogen and oxygen atoms in total. The highest BCUT2D eigenvalue weighted by atomic mass is 28.4. The van der Waals surface area contributed by atoms with Crippen LogP contribution in [0.15, 0.2) is 42.5 Å². The number of benzene rings is 1. The molecule has 1 aromatic rings. The summed E-state index contributed by atoms with van der Waals surface area (Å²) in [6.07, 6.45) is 12.2. The standard InChI is InChI=1S/C31H52O2Si/c1-8-34(9-2,10-3)33-30-17-14-22-31(7)27(19-20-28(30)31)25(6)18-21-29(24(4)5)32-23-26-15-12-11-13-16-26/h11-13,15-16,18,21,24-25,27-30H,8-10,14,17,19-20,22-23H2,1-7H3/b21-18+/t25-,27-,28+,29-,30+,31-/m1/s1. The summed E-state index contributed by atoms with van der Waals surface area (Å²) in [7, 11) is -1.56. The van der Waals surface area contributed by atoms with Crippen molar-refractivity contribution in [3.05, 3.63) is 48.0 Å². The molecule has 0 bridgehead atoms. The van der Waals surface area contributed by atoms with Crippen LogP contribution >= 0.6 is 0 Å². The molecule has 34 heavy (non-hydrogen) atoms. The van der Waals surface area contributed by atoms with Crippen molar-refractivity contribution in [3.8, 4) is 0 Å². The second-order valence-corrected chi connectivity index (χ2v) is 16.6. The number of ether oxygens (including phenoxy) is 1. The van der Waals surface area contributed by atoms with Gasteiger partial charge < -0.3 is 9.16 Å². The number of fused-ring (bicyclic) bond motifs is 1. The van der Waals surface area contributed by atoms with Gasteiger partial charge in [0.25, 0.3) is 0 Å². The molecule has 0 heterocycles. The van der Waals surface area contributed by atoms with E-state index in [9.17, 15) is 0 Å². The Labute approximate surface area is 212 Å². The molecule has 2 aliphatic rings. The number of hydrogen-bond acceptors (Lipinski definition) is 2. The van der Waals surface area contributed by atoms with Gasteiger partial charge in [0, 0.05) is 6.10 Å². The highest BCUT2D eigenvalue weighted by molar-refractivity contribution is 6.73. The van der Waals surface area contributed by atoms with E-state index < -0.39 is 8.32 Å². The predicted molar refractivity (Wildman–Crippen MR) is 148 cm³/mol. The van der Waals surface area contributed by atoms with E-state index in [1.54, 1.807) is 0 Å². The Kier molecular flexibility index (Phi) is 10.1. The fourth-order valence-corrected chi connectivity index (χ4v) is 10.1. The molecule has 0 unspecified atom stereocenters. The monoisotopic (exact) mass is 484 g/mol. The molecule has 0 radical (unpaired) electrons. The molecule has 192 valence electrons. The van der Waals surface area contributed by atoms with Crippen LogP contribution < -0.4 is 0 Å². The van der Waals surface area contributed by atoms with E-state index in [0.717, 1.165) is 11.8 Å². The lowest BCUT2D eigenvalue weighted by Gasteiger charge is -2.48. The molecular formula is C31H52O2Si. The average Bonchev–Trinajstić information content (AvgIpc) is 3.20. The largest absolute Gasteiger partial charge is 0.414 e. The van der Waals surface area contributed by atoms with E-state index in [2.05, 4.69) is 91.0 Å². The normalized spacial score (nSPS) is 29.5. The van der Waals surface area contributed by atoms with Crippen molar-refractivity contribution in [3.63, 3.8) is 0 Å². The van der Waals surface area contributed by atoms with E-state index in [4.69, 9.17) is 9.16 Å². The minimum Gasteiger partial charge on any atom is -0.414 e.